The Morgan fingerprint density at radius 3 is 2.50 bits per heavy atom. The van der Waals surface area contributed by atoms with Gasteiger partial charge in [0, 0.05) is 19.0 Å². The maximum atomic E-state index is 13.0. The normalized spacial score (nSPS) is 32.5. The van der Waals surface area contributed by atoms with Crippen LogP contribution in [-0.4, -0.2) is 66.1 Å². The molecule has 11 heteroatoms. The number of benzene rings is 1. The summed E-state index contributed by atoms with van der Waals surface area (Å²) >= 11 is 0. The van der Waals surface area contributed by atoms with Crippen LogP contribution in [0.3, 0.4) is 0 Å². The Morgan fingerprint density at radius 1 is 1.06 bits per heavy atom. The van der Waals surface area contributed by atoms with Gasteiger partial charge >= 0.3 is 0 Å². The van der Waals surface area contributed by atoms with E-state index in [1.54, 1.807) is 18.2 Å². The molecular weight excluding hydrogens is 460 g/mol. The van der Waals surface area contributed by atoms with Gasteiger partial charge in [-0.25, -0.2) is 8.42 Å². The molecule has 1 saturated carbocycles. The van der Waals surface area contributed by atoms with Gasteiger partial charge in [-0.05, 0) is 62.3 Å². The van der Waals surface area contributed by atoms with Crippen molar-refractivity contribution in [2.45, 2.75) is 61.9 Å². The first-order chi connectivity index (χ1) is 16.1. The Morgan fingerprint density at radius 2 is 1.79 bits per heavy atom. The van der Waals surface area contributed by atoms with Crippen LogP contribution in [0, 0.1) is 5.92 Å². The smallest absolute Gasteiger partial charge is 0.262 e. The molecule has 0 aromatic heterocycles. The highest BCUT2D eigenvalue weighted by molar-refractivity contribution is 7.92. The quantitative estimate of drug-likeness (QED) is 0.484. The number of nitrogens with two attached hydrogens (primary N) is 1. The molecule has 2 unspecified atom stereocenters. The van der Waals surface area contributed by atoms with Crippen LogP contribution in [0.5, 0.6) is 0 Å². The monoisotopic (exact) mass is 488 g/mol. The Kier molecular flexibility index (Phi) is 5.61. The van der Waals surface area contributed by atoms with Gasteiger partial charge in [0.2, 0.25) is 11.8 Å². The molecule has 4 amide bonds. The highest BCUT2D eigenvalue weighted by Crippen LogP contribution is 2.49. The minimum atomic E-state index is -3.13. The van der Waals surface area contributed by atoms with Crippen LogP contribution in [0.1, 0.15) is 64.8 Å². The van der Waals surface area contributed by atoms with Crippen LogP contribution in [0.25, 0.3) is 0 Å². The number of carbonyl (C=O) groups excluding carboxylic acids is 4. The molecule has 0 radical (unpaired) electrons. The zero-order valence-corrected chi connectivity index (χ0v) is 19.5. The molecule has 3 heterocycles. The molecule has 1 aliphatic carbocycles. The molecule has 4 aliphatic rings. The number of hydrogen-bond acceptors (Lipinski definition) is 8. The molecule has 2 saturated heterocycles. The SMILES string of the molecule is NCC1CC2(C1)CC(NCc1ccc3c(c1)C(=O)N(C1CCC(=O)NC1=O)C3=O)CCS2(=O)=O. The average molecular weight is 489 g/mol. The Bertz CT molecular complexity index is 1190. The molecule has 0 bridgehead atoms. The van der Waals surface area contributed by atoms with Crippen molar-refractivity contribution in [2.75, 3.05) is 12.3 Å². The lowest BCUT2D eigenvalue weighted by atomic mass is 9.70. The summed E-state index contributed by atoms with van der Waals surface area (Å²) in [5, 5.41) is 5.62. The lowest BCUT2D eigenvalue weighted by molar-refractivity contribution is -0.136. The minimum Gasteiger partial charge on any atom is -0.330 e. The van der Waals surface area contributed by atoms with E-state index in [4.69, 9.17) is 5.73 Å². The number of piperidine rings is 1. The number of amides is 4. The summed E-state index contributed by atoms with van der Waals surface area (Å²) in [6.45, 7) is 0.932. The van der Waals surface area contributed by atoms with Crippen molar-refractivity contribution in [3.8, 4) is 0 Å². The number of sulfone groups is 1. The van der Waals surface area contributed by atoms with Crippen molar-refractivity contribution < 1.29 is 27.6 Å². The second-order valence-corrected chi connectivity index (χ2v) is 12.4. The maximum absolute atomic E-state index is 13.0. The lowest BCUT2D eigenvalue weighted by Crippen LogP contribution is -2.59. The van der Waals surface area contributed by atoms with Crippen molar-refractivity contribution >= 4 is 33.5 Å². The maximum Gasteiger partial charge on any atom is 0.262 e. The van der Waals surface area contributed by atoms with Gasteiger partial charge in [0.15, 0.2) is 9.84 Å². The minimum absolute atomic E-state index is 0.0350. The molecule has 5 rings (SSSR count). The van der Waals surface area contributed by atoms with E-state index in [-0.39, 0.29) is 41.7 Å². The molecule has 1 aromatic carbocycles. The first kappa shape index (κ1) is 23.1. The summed E-state index contributed by atoms with van der Waals surface area (Å²) < 4.78 is 24.7. The number of nitrogens with one attached hydrogen (secondary N) is 2. The summed E-state index contributed by atoms with van der Waals surface area (Å²) in [6.07, 6.45) is 2.51. The number of hydrogen-bond donors (Lipinski definition) is 3. The fourth-order valence-corrected chi connectivity index (χ4v) is 8.30. The van der Waals surface area contributed by atoms with Gasteiger partial charge in [-0.1, -0.05) is 6.07 Å². The number of imide groups is 2. The van der Waals surface area contributed by atoms with Gasteiger partial charge in [0.25, 0.3) is 11.8 Å². The standard InChI is InChI=1S/C23H28N4O6S/c24-11-14-8-23(9-14)10-15(5-6-34(23,32)33)25-12-13-1-2-16-17(7-13)22(31)27(21(16)30)18-3-4-19(28)26-20(18)29/h1-2,7,14-15,18,25H,3-6,8-12,24H2,(H,26,28,29). The third-order valence-corrected chi connectivity index (χ3v) is 10.4. The van der Waals surface area contributed by atoms with E-state index in [1.165, 1.54) is 0 Å². The van der Waals surface area contributed by atoms with Crippen LogP contribution in [0.4, 0.5) is 0 Å². The second-order valence-electron chi connectivity index (χ2n) is 9.91. The van der Waals surface area contributed by atoms with Gasteiger partial charge in [-0.3, -0.25) is 29.4 Å². The molecular formula is C23H28N4O6S. The summed E-state index contributed by atoms with van der Waals surface area (Å²) in [5.41, 5.74) is 6.99. The number of carbonyl (C=O) groups is 4. The number of rotatable bonds is 5. The van der Waals surface area contributed by atoms with Crippen LogP contribution < -0.4 is 16.4 Å². The van der Waals surface area contributed by atoms with Crippen LogP contribution in [0.2, 0.25) is 0 Å². The van der Waals surface area contributed by atoms with E-state index in [0.717, 1.165) is 10.5 Å². The van der Waals surface area contributed by atoms with E-state index in [9.17, 15) is 27.6 Å². The van der Waals surface area contributed by atoms with E-state index in [0.29, 0.717) is 38.8 Å². The highest BCUT2D eigenvalue weighted by atomic mass is 32.2. The zero-order valence-electron chi connectivity index (χ0n) is 18.7. The number of fused-ring (bicyclic) bond motifs is 1. The molecule has 1 aromatic rings. The predicted octanol–water partition coefficient (Wildman–Crippen LogP) is -0.138. The Balaban J connectivity index is 1.26. The van der Waals surface area contributed by atoms with Crippen molar-refractivity contribution in [1.29, 1.82) is 0 Å². The lowest BCUT2D eigenvalue weighted by Gasteiger charge is -2.50. The van der Waals surface area contributed by atoms with Crippen LogP contribution in [0.15, 0.2) is 18.2 Å². The van der Waals surface area contributed by atoms with Gasteiger partial charge in [0.05, 0.1) is 21.6 Å². The van der Waals surface area contributed by atoms with E-state index < -0.39 is 44.3 Å². The topological polar surface area (TPSA) is 156 Å². The van der Waals surface area contributed by atoms with Crippen molar-refractivity contribution in [3.05, 3.63) is 34.9 Å². The van der Waals surface area contributed by atoms with Crippen molar-refractivity contribution in [3.63, 3.8) is 0 Å². The largest absolute Gasteiger partial charge is 0.330 e. The Labute approximate surface area is 197 Å². The van der Waals surface area contributed by atoms with Gasteiger partial charge < -0.3 is 11.1 Å². The summed E-state index contributed by atoms with van der Waals surface area (Å²) in [4.78, 5) is 50.4. The van der Waals surface area contributed by atoms with E-state index >= 15 is 0 Å². The van der Waals surface area contributed by atoms with Gasteiger partial charge in [-0.2, -0.15) is 0 Å². The van der Waals surface area contributed by atoms with Gasteiger partial charge in [-0.15, -0.1) is 0 Å². The molecule has 2 atom stereocenters. The summed E-state index contributed by atoms with van der Waals surface area (Å²) in [5.74, 6) is -1.71. The van der Waals surface area contributed by atoms with Crippen molar-refractivity contribution in [2.24, 2.45) is 11.7 Å². The molecule has 10 nitrogen and oxygen atoms in total. The van der Waals surface area contributed by atoms with Crippen molar-refractivity contribution in [1.82, 2.24) is 15.5 Å². The third-order valence-electron chi connectivity index (χ3n) is 7.77. The van der Waals surface area contributed by atoms with Gasteiger partial charge in [0.1, 0.15) is 6.04 Å². The molecule has 3 aliphatic heterocycles. The van der Waals surface area contributed by atoms with Crippen LogP contribution in [-0.2, 0) is 26.0 Å². The fraction of sp³-hybridized carbons (Fsp3) is 0.565. The number of nitrogens with zero attached hydrogens (tertiary/aromatic N) is 1. The zero-order chi connectivity index (χ0) is 24.3. The molecule has 34 heavy (non-hydrogen) atoms. The summed E-state index contributed by atoms with van der Waals surface area (Å²) in [7, 11) is -3.13. The first-order valence-corrected chi connectivity index (χ1v) is 13.3. The summed E-state index contributed by atoms with van der Waals surface area (Å²) in [6, 6.07) is 4.04. The second kappa shape index (κ2) is 8.24. The predicted molar refractivity (Wildman–Crippen MR) is 121 cm³/mol. The molecule has 182 valence electrons. The highest BCUT2D eigenvalue weighted by Gasteiger charge is 2.55. The molecule has 3 fully saturated rings. The van der Waals surface area contributed by atoms with E-state index in [1.807, 2.05) is 0 Å². The first-order valence-electron chi connectivity index (χ1n) is 11.6. The molecule has 4 N–H and O–H groups in total. The average Bonchev–Trinajstić information content (AvgIpc) is 3.01. The van der Waals surface area contributed by atoms with Crippen LogP contribution >= 0.6 is 0 Å². The van der Waals surface area contributed by atoms with E-state index in [2.05, 4.69) is 10.6 Å². The third kappa shape index (κ3) is 3.66. The fourth-order valence-electron chi connectivity index (χ4n) is 5.84. The molecule has 1 spiro atoms. The Hall–Kier alpha value is -2.63.